The first-order valence-corrected chi connectivity index (χ1v) is 6.75. The van der Waals surface area contributed by atoms with Crippen LogP contribution in [0.1, 0.15) is 30.7 Å². The number of rotatable bonds is 1. The summed E-state index contributed by atoms with van der Waals surface area (Å²) in [4.78, 5) is 11.5. The van der Waals surface area contributed by atoms with Gasteiger partial charge in [-0.05, 0) is 42.5 Å². The molecule has 0 spiro atoms. The van der Waals surface area contributed by atoms with Crippen molar-refractivity contribution in [2.75, 3.05) is 5.32 Å². The quantitative estimate of drug-likeness (QED) is 0.836. The molecular formula is C13H14BrNO2. The lowest BCUT2D eigenvalue weighted by Crippen LogP contribution is -2.37. The molecule has 3 atom stereocenters. The molecule has 1 aromatic carbocycles. The Balaban J connectivity index is 2.10. The molecule has 0 amide bonds. The van der Waals surface area contributed by atoms with E-state index in [0.717, 1.165) is 35.0 Å². The Bertz CT molecular complexity index is 474. The molecule has 1 aliphatic carbocycles. The Labute approximate surface area is 108 Å². The third-order valence-electron chi connectivity index (χ3n) is 3.95. The molecular weight excluding hydrogens is 282 g/mol. The topological polar surface area (TPSA) is 49.3 Å². The molecule has 17 heavy (non-hydrogen) atoms. The zero-order valence-electron chi connectivity index (χ0n) is 9.32. The fraction of sp³-hybridized carbons (Fsp3) is 0.462. The van der Waals surface area contributed by atoms with Crippen LogP contribution >= 0.6 is 15.9 Å². The number of aliphatic carboxylic acids is 1. The lowest BCUT2D eigenvalue weighted by Gasteiger charge is -2.35. The first kappa shape index (κ1) is 11.1. The van der Waals surface area contributed by atoms with Gasteiger partial charge in [-0.3, -0.25) is 4.79 Å². The molecule has 0 aromatic heterocycles. The fourth-order valence-corrected chi connectivity index (χ4v) is 3.61. The van der Waals surface area contributed by atoms with Gasteiger partial charge in [0, 0.05) is 16.2 Å². The van der Waals surface area contributed by atoms with Gasteiger partial charge >= 0.3 is 5.97 Å². The van der Waals surface area contributed by atoms with Crippen LogP contribution < -0.4 is 5.32 Å². The number of carbonyl (C=O) groups is 1. The van der Waals surface area contributed by atoms with E-state index in [1.807, 2.05) is 18.2 Å². The maximum atomic E-state index is 11.5. The number of carboxylic acid groups (broad SMARTS) is 1. The van der Waals surface area contributed by atoms with Gasteiger partial charge in [-0.1, -0.05) is 22.4 Å². The van der Waals surface area contributed by atoms with Gasteiger partial charge in [0.05, 0.1) is 5.92 Å². The Morgan fingerprint density at radius 3 is 3.00 bits per heavy atom. The number of hydrogen-bond donors (Lipinski definition) is 2. The lowest BCUT2D eigenvalue weighted by atomic mass is 9.79. The second-order valence-electron chi connectivity index (χ2n) is 4.89. The summed E-state index contributed by atoms with van der Waals surface area (Å²) in [6.07, 6.45) is 3.23. The number of anilines is 1. The van der Waals surface area contributed by atoms with Crippen molar-refractivity contribution >= 4 is 27.6 Å². The molecule has 2 N–H and O–H groups in total. The molecule has 0 radical (unpaired) electrons. The molecule has 1 heterocycles. The maximum absolute atomic E-state index is 11.5. The molecule has 90 valence electrons. The van der Waals surface area contributed by atoms with Crippen LogP contribution in [0.2, 0.25) is 0 Å². The number of hydrogen-bond acceptors (Lipinski definition) is 2. The van der Waals surface area contributed by atoms with Crippen molar-refractivity contribution in [1.29, 1.82) is 0 Å². The largest absolute Gasteiger partial charge is 0.481 e. The molecule has 3 nitrogen and oxygen atoms in total. The van der Waals surface area contributed by atoms with Gasteiger partial charge in [-0.15, -0.1) is 0 Å². The van der Waals surface area contributed by atoms with E-state index in [-0.39, 0.29) is 11.8 Å². The minimum absolute atomic E-state index is 0.245. The SMILES string of the molecule is O=C(O)C1c2cc(Br)ccc2NC2CCCC21. The van der Waals surface area contributed by atoms with Gasteiger partial charge in [-0.25, -0.2) is 0 Å². The highest BCUT2D eigenvalue weighted by Gasteiger charge is 2.43. The van der Waals surface area contributed by atoms with E-state index in [9.17, 15) is 9.90 Å². The number of halogens is 1. The summed E-state index contributed by atoms with van der Waals surface area (Å²) in [7, 11) is 0. The predicted octanol–water partition coefficient (Wildman–Crippen LogP) is 3.21. The van der Waals surface area contributed by atoms with Crippen molar-refractivity contribution in [1.82, 2.24) is 0 Å². The van der Waals surface area contributed by atoms with Crippen molar-refractivity contribution in [2.45, 2.75) is 31.2 Å². The molecule has 2 aliphatic rings. The summed E-state index contributed by atoms with van der Waals surface area (Å²) in [5.41, 5.74) is 1.92. The van der Waals surface area contributed by atoms with Crippen LogP contribution in [0.25, 0.3) is 0 Å². The Morgan fingerprint density at radius 1 is 1.41 bits per heavy atom. The van der Waals surface area contributed by atoms with Gasteiger partial charge in [0.1, 0.15) is 0 Å². The molecule has 3 rings (SSSR count). The summed E-state index contributed by atoms with van der Waals surface area (Å²) in [6, 6.07) is 6.21. The third-order valence-corrected chi connectivity index (χ3v) is 4.45. The average Bonchev–Trinajstić information content (AvgIpc) is 2.72. The van der Waals surface area contributed by atoms with Crippen LogP contribution in [0.4, 0.5) is 5.69 Å². The Morgan fingerprint density at radius 2 is 2.24 bits per heavy atom. The van der Waals surface area contributed by atoms with E-state index >= 15 is 0 Å². The van der Waals surface area contributed by atoms with Crippen LogP contribution in [0.3, 0.4) is 0 Å². The summed E-state index contributed by atoms with van der Waals surface area (Å²) < 4.78 is 0.945. The standard InChI is InChI=1S/C13H14BrNO2/c14-7-4-5-11-9(6-7)12(13(16)17)8-2-1-3-10(8)15-11/h4-6,8,10,12,15H,1-3H2,(H,16,17). The molecule has 1 aromatic rings. The van der Waals surface area contributed by atoms with Crippen molar-refractivity contribution in [2.24, 2.45) is 5.92 Å². The van der Waals surface area contributed by atoms with Crippen LogP contribution in [0.5, 0.6) is 0 Å². The van der Waals surface area contributed by atoms with Gasteiger partial charge in [-0.2, -0.15) is 0 Å². The summed E-state index contributed by atoms with van der Waals surface area (Å²) in [5, 5.41) is 13.0. The van der Waals surface area contributed by atoms with Gasteiger partial charge in [0.25, 0.3) is 0 Å². The third kappa shape index (κ3) is 1.75. The van der Waals surface area contributed by atoms with E-state index in [4.69, 9.17) is 0 Å². The van der Waals surface area contributed by atoms with Crippen molar-refractivity contribution < 1.29 is 9.90 Å². The van der Waals surface area contributed by atoms with Crippen LogP contribution in [0, 0.1) is 5.92 Å². The fourth-order valence-electron chi connectivity index (χ4n) is 3.24. The van der Waals surface area contributed by atoms with Gasteiger partial charge < -0.3 is 10.4 Å². The van der Waals surface area contributed by atoms with Gasteiger partial charge in [0.15, 0.2) is 0 Å². The highest BCUT2D eigenvalue weighted by molar-refractivity contribution is 9.10. The molecule has 4 heteroatoms. The lowest BCUT2D eigenvalue weighted by molar-refractivity contribution is -0.140. The van der Waals surface area contributed by atoms with Gasteiger partial charge in [0.2, 0.25) is 0 Å². The maximum Gasteiger partial charge on any atom is 0.311 e. The Kier molecular flexibility index (Phi) is 2.62. The number of fused-ring (bicyclic) bond motifs is 2. The number of benzene rings is 1. The zero-order chi connectivity index (χ0) is 12.0. The predicted molar refractivity (Wildman–Crippen MR) is 69.3 cm³/mol. The number of carboxylic acids is 1. The second-order valence-corrected chi connectivity index (χ2v) is 5.81. The summed E-state index contributed by atoms with van der Waals surface area (Å²) in [5.74, 6) is -0.798. The molecule has 1 aliphatic heterocycles. The smallest absolute Gasteiger partial charge is 0.311 e. The summed E-state index contributed by atoms with van der Waals surface area (Å²) in [6.45, 7) is 0. The van der Waals surface area contributed by atoms with E-state index in [1.54, 1.807) is 0 Å². The van der Waals surface area contributed by atoms with E-state index in [0.29, 0.717) is 6.04 Å². The van der Waals surface area contributed by atoms with E-state index < -0.39 is 5.97 Å². The van der Waals surface area contributed by atoms with Crippen LogP contribution in [-0.4, -0.2) is 17.1 Å². The molecule has 0 bridgehead atoms. The van der Waals surface area contributed by atoms with Crippen LogP contribution in [0.15, 0.2) is 22.7 Å². The van der Waals surface area contributed by atoms with Crippen molar-refractivity contribution in [3.63, 3.8) is 0 Å². The molecule has 0 saturated heterocycles. The first-order valence-electron chi connectivity index (χ1n) is 5.95. The molecule has 1 fully saturated rings. The minimum atomic E-state index is -0.692. The number of nitrogens with one attached hydrogen (secondary N) is 1. The molecule has 1 saturated carbocycles. The Hall–Kier alpha value is -1.03. The second kappa shape index (κ2) is 4.02. The highest BCUT2D eigenvalue weighted by atomic mass is 79.9. The van der Waals surface area contributed by atoms with E-state index in [2.05, 4.69) is 21.2 Å². The average molecular weight is 296 g/mol. The first-order chi connectivity index (χ1) is 8.16. The van der Waals surface area contributed by atoms with E-state index in [1.165, 1.54) is 0 Å². The monoisotopic (exact) mass is 295 g/mol. The van der Waals surface area contributed by atoms with Crippen LogP contribution in [-0.2, 0) is 4.79 Å². The summed E-state index contributed by atoms with van der Waals surface area (Å²) >= 11 is 3.42. The zero-order valence-corrected chi connectivity index (χ0v) is 10.9. The normalized spacial score (nSPS) is 30.3. The molecule has 3 unspecified atom stereocenters. The highest BCUT2D eigenvalue weighted by Crippen LogP contribution is 2.46. The van der Waals surface area contributed by atoms with Crippen molar-refractivity contribution in [3.05, 3.63) is 28.2 Å². The minimum Gasteiger partial charge on any atom is -0.481 e. The van der Waals surface area contributed by atoms with Crippen molar-refractivity contribution in [3.8, 4) is 0 Å².